The van der Waals surface area contributed by atoms with Crippen LogP contribution in [0, 0.1) is 23.7 Å². The topological polar surface area (TPSA) is 0 Å². The molecular formula is C33H34P2. The SMILES string of the molecule is PC(c1ccccc1)(c1ccccc1)[C@@H]1C2CCC(C2)[C@H]1C(P)(c1ccccc1)c1ccccc1. The minimum Gasteiger partial charge on any atom is -0.121 e. The quantitative estimate of drug-likeness (QED) is 0.238. The largest absolute Gasteiger partial charge is 0.121 e. The second kappa shape index (κ2) is 9.32. The Labute approximate surface area is 215 Å². The molecule has 35 heavy (non-hydrogen) atoms. The maximum absolute atomic E-state index is 3.41. The highest BCUT2D eigenvalue weighted by Crippen LogP contribution is 2.69. The monoisotopic (exact) mass is 492 g/mol. The van der Waals surface area contributed by atoms with E-state index in [2.05, 4.69) is 140 Å². The van der Waals surface area contributed by atoms with Gasteiger partial charge in [0.05, 0.1) is 0 Å². The molecule has 2 fully saturated rings. The molecule has 0 amide bonds. The number of rotatable bonds is 6. The van der Waals surface area contributed by atoms with Crippen LogP contribution in [0.4, 0.5) is 0 Å². The van der Waals surface area contributed by atoms with E-state index in [4.69, 9.17) is 0 Å². The van der Waals surface area contributed by atoms with Crippen LogP contribution in [0.2, 0.25) is 0 Å². The minimum atomic E-state index is -0.140. The van der Waals surface area contributed by atoms with Crippen LogP contribution in [0.1, 0.15) is 41.5 Å². The summed E-state index contributed by atoms with van der Waals surface area (Å²) in [6.45, 7) is 0. The molecule has 0 nitrogen and oxygen atoms in total. The third kappa shape index (κ3) is 3.73. The Bertz CT molecular complexity index is 1070. The molecule has 4 aromatic rings. The number of benzene rings is 4. The molecule has 2 aliphatic carbocycles. The number of fused-ring (bicyclic) bond motifs is 2. The van der Waals surface area contributed by atoms with E-state index in [0.717, 1.165) is 11.8 Å². The van der Waals surface area contributed by atoms with Crippen LogP contribution in [0.25, 0.3) is 0 Å². The molecule has 0 aliphatic heterocycles. The molecule has 0 aromatic heterocycles. The van der Waals surface area contributed by atoms with Gasteiger partial charge in [0, 0.05) is 10.3 Å². The van der Waals surface area contributed by atoms with Gasteiger partial charge in [-0.05, 0) is 65.2 Å². The van der Waals surface area contributed by atoms with Gasteiger partial charge in [-0.15, -0.1) is 18.5 Å². The zero-order valence-corrected chi connectivity index (χ0v) is 22.4. The lowest BCUT2D eigenvalue weighted by atomic mass is 9.60. The van der Waals surface area contributed by atoms with Gasteiger partial charge in [-0.1, -0.05) is 121 Å². The molecule has 0 saturated heterocycles. The summed E-state index contributed by atoms with van der Waals surface area (Å²) in [5.41, 5.74) is 5.64. The first-order valence-electron chi connectivity index (χ1n) is 12.9. The predicted octanol–water partition coefficient (Wildman–Crippen LogP) is 8.29. The molecule has 0 N–H and O–H groups in total. The summed E-state index contributed by atoms with van der Waals surface area (Å²) in [7, 11) is 6.82. The van der Waals surface area contributed by atoms with Gasteiger partial charge in [0.2, 0.25) is 0 Å². The predicted molar refractivity (Wildman–Crippen MR) is 155 cm³/mol. The smallest absolute Gasteiger partial charge is 0.0378 e. The van der Waals surface area contributed by atoms with Crippen LogP contribution in [0.3, 0.4) is 0 Å². The fourth-order valence-corrected chi connectivity index (χ4v) is 9.29. The lowest BCUT2D eigenvalue weighted by Crippen LogP contribution is -2.46. The van der Waals surface area contributed by atoms with Crippen LogP contribution in [0.5, 0.6) is 0 Å². The first-order chi connectivity index (χ1) is 17.1. The summed E-state index contributed by atoms with van der Waals surface area (Å²) in [6.07, 6.45) is 4.01. The molecule has 2 saturated carbocycles. The van der Waals surface area contributed by atoms with E-state index >= 15 is 0 Å². The maximum atomic E-state index is 3.41. The standard InChI is InChI=1S/C33H34P2/c34-32(26-13-5-1-6-14-26,27-15-7-2-8-16-27)30-24-21-22-25(23-24)31(30)33(35,28-17-9-3-10-18-28)29-19-11-4-12-20-29/h1-20,24-25,30-31H,21-23,34-35H2/t24?,25?,30-,31-/m1/s1. The van der Waals surface area contributed by atoms with Crippen molar-refractivity contribution in [1.82, 2.24) is 0 Å². The van der Waals surface area contributed by atoms with E-state index in [0.29, 0.717) is 11.8 Å². The van der Waals surface area contributed by atoms with Gasteiger partial charge >= 0.3 is 0 Å². The van der Waals surface area contributed by atoms with E-state index in [1.54, 1.807) is 0 Å². The molecule has 4 aromatic carbocycles. The summed E-state index contributed by atoms with van der Waals surface area (Å²) in [5, 5.41) is -0.281. The van der Waals surface area contributed by atoms with Crippen molar-refractivity contribution in [2.24, 2.45) is 23.7 Å². The molecule has 0 spiro atoms. The molecule has 0 heterocycles. The van der Waals surface area contributed by atoms with Crippen LogP contribution >= 0.6 is 18.5 Å². The molecule has 0 radical (unpaired) electrons. The first kappa shape index (κ1) is 23.2. The second-order valence-electron chi connectivity index (χ2n) is 10.6. The van der Waals surface area contributed by atoms with Crippen LogP contribution in [-0.2, 0) is 10.3 Å². The number of hydrogen-bond acceptors (Lipinski definition) is 0. The Morgan fingerprint density at radius 1 is 0.429 bits per heavy atom. The second-order valence-corrected chi connectivity index (χ2v) is 12.4. The molecular weight excluding hydrogens is 458 g/mol. The van der Waals surface area contributed by atoms with Crippen LogP contribution in [-0.4, -0.2) is 0 Å². The summed E-state index contributed by atoms with van der Waals surface area (Å²) in [4.78, 5) is 0. The first-order valence-corrected chi connectivity index (χ1v) is 14.1. The highest BCUT2D eigenvalue weighted by Gasteiger charge is 2.61. The molecule has 176 valence electrons. The Hall–Kier alpha value is -2.26. The van der Waals surface area contributed by atoms with E-state index in [9.17, 15) is 0 Å². The molecule has 6 atom stereocenters. The normalized spacial score (nSPS) is 23.9. The van der Waals surface area contributed by atoms with E-state index < -0.39 is 0 Å². The minimum absolute atomic E-state index is 0.140. The fraction of sp³-hybridized carbons (Fsp3) is 0.273. The van der Waals surface area contributed by atoms with E-state index in [1.807, 2.05) is 0 Å². The van der Waals surface area contributed by atoms with Crippen molar-refractivity contribution >= 4 is 18.5 Å². The van der Waals surface area contributed by atoms with E-state index in [1.165, 1.54) is 41.5 Å². The van der Waals surface area contributed by atoms with Crippen molar-refractivity contribution in [1.29, 1.82) is 0 Å². The zero-order chi connectivity index (χ0) is 23.9. The highest BCUT2D eigenvalue weighted by molar-refractivity contribution is 7.19. The Kier molecular flexibility index (Phi) is 6.16. The van der Waals surface area contributed by atoms with Crippen molar-refractivity contribution in [3.8, 4) is 0 Å². The molecule has 4 unspecified atom stereocenters. The van der Waals surface area contributed by atoms with Gasteiger partial charge in [-0.2, -0.15) is 0 Å². The lowest BCUT2D eigenvalue weighted by Gasteiger charge is -2.52. The van der Waals surface area contributed by atoms with Crippen molar-refractivity contribution < 1.29 is 0 Å². The van der Waals surface area contributed by atoms with Crippen molar-refractivity contribution in [2.45, 2.75) is 29.6 Å². The van der Waals surface area contributed by atoms with Gasteiger partial charge in [0.25, 0.3) is 0 Å². The Balaban J connectivity index is 1.60. The zero-order valence-electron chi connectivity index (χ0n) is 20.1. The van der Waals surface area contributed by atoms with E-state index in [-0.39, 0.29) is 10.3 Å². The average molecular weight is 493 g/mol. The average Bonchev–Trinajstić information content (AvgIpc) is 3.57. The summed E-state index contributed by atoms with van der Waals surface area (Å²) < 4.78 is 0. The fourth-order valence-electron chi connectivity index (χ4n) is 7.56. The Morgan fingerprint density at radius 2 is 0.686 bits per heavy atom. The molecule has 6 rings (SSSR count). The Morgan fingerprint density at radius 3 is 0.943 bits per heavy atom. The van der Waals surface area contributed by atoms with Crippen LogP contribution < -0.4 is 0 Å². The van der Waals surface area contributed by atoms with Gasteiger partial charge < -0.3 is 0 Å². The van der Waals surface area contributed by atoms with Crippen molar-refractivity contribution in [3.63, 3.8) is 0 Å². The maximum Gasteiger partial charge on any atom is 0.0378 e. The van der Waals surface area contributed by atoms with Gasteiger partial charge in [0.1, 0.15) is 0 Å². The third-order valence-corrected chi connectivity index (χ3v) is 11.1. The summed E-state index contributed by atoms with van der Waals surface area (Å²) in [6, 6.07) is 45.0. The summed E-state index contributed by atoms with van der Waals surface area (Å²) >= 11 is 0. The molecule has 2 heteroatoms. The number of hydrogen-bond donors (Lipinski definition) is 0. The molecule has 2 aliphatic rings. The van der Waals surface area contributed by atoms with Crippen molar-refractivity contribution in [2.75, 3.05) is 0 Å². The van der Waals surface area contributed by atoms with Crippen molar-refractivity contribution in [3.05, 3.63) is 144 Å². The highest BCUT2D eigenvalue weighted by atomic mass is 31.0. The van der Waals surface area contributed by atoms with Gasteiger partial charge in [0.15, 0.2) is 0 Å². The van der Waals surface area contributed by atoms with Crippen LogP contribution in [0.15, 0.2) is 121 Å². The van der Waals surface area contributed by atoms with Gasteiger partial charge in [-0.25, -0.2) is 0 Å². The summed E-state index contributed by atoms with van der Waals surface area (Å²) in [5.74, 6) is 2.45. The lowest BCUT2D eigenvalue weighted by molar-refractivity contribution is 0.154. The molecule has 2 bridgehead atoms. The van der Waals surface area contributed by atoms with Gasteiger partial charge in [-0.3, -0.25) is 0 Å². The third-order valence-electron chi connectivity index (χ3n) is 8.97.